The molecule has 31 heavy (non-hydrogen) atoms. The monoisotopic (exact) mass is 423 g/mol. The van der Waals surface area contributed by atoms with Gasteiger partial charge in [0.15, 0.2) is 17.3 Å². The maximum absolute atomic E-state index is 13.3. The minimum atomic E-state index is -0.544. The van der Waals surface area contributed by atoms with Crippen molar-refractivity contribution in [2.45, 2.75) is 20.4 Å². The SMILES string of the molecule is CC(=O)c1cc2c(cc1NC(=O)Cn1c(-c3ccc(F)cc3)nc(C)cc1=O)OCO2. The normalized spacial score (nSPS) is 12.0. The van der Waals surface area contributed by atoms with Gasteiger partial charge >= 0.3 is 0 Å². The van der Waals surface area contributed by atoms with Crippen LogP contribution in [-0.4, -0.2) is 28.0 Å². The number of aryl methyl sites for hydroxylation is 1. The highest BCUT2D eigenvalue weighted by atomic mass is 19.1. The second kappa shape index (κ2) is 8.02. The second-order valence-corrected chi connectivity index (χ2v) is 7.01. The molecule has 8 nitrogen and oxygen atoms in total. The van der Waals surface area contributed by atoms with Crippen molar-refractivity contribution >= 4 is 17.4 Å². The van der Waals surface area contributed by atoms with E-state index in [0.717, 1.165) is 0 Å². The van der Waals surface area contributed by atoms with E-state index in [9.17, 15) is 18.8 Å². The Labute approximate surface area is 176 Å². The predicted octanol–water partition coefficient (Wildman–Crippen LogP) is 2.93. The van der Waals surface area contributed by atoms with Crippen LogP contribution in [0.1, 0.15) is 23.0 Å². The Balaban J connectivity index is 1.66. The first-order valence-electron chi connectivity index (χ1n) is 9.40. The van der Waals surface area contributed by atoms with Crippen LogP contribution in [0.3, 0.4) is 0 Å². The molecule has 0 saturated carbocycles. The number of nitrogens with one attached hydrogen (secondary N) is 1. The number of halogens is 1. The third-order valence-corrected chi connectivity index (χ3v) is 4.71. The highest BCUT2D eigenvalue weighted by molar-refractivity contribution is 6.04. The Kier molecular flexibility index (Phi) is 5.24. The third kappa shape index (κ3) is 4.16. The molecule has 0 spiro atoms. The zero-order chi connectivity index (χ0) is 22.1. The highest BCUT2D eigenvalue weighted by Crippen LogP contribution is 2.37. The zero-order valence-corrected chi connectivity index (χ0v) is 16.8. The summed E-state index contributed by atoms with van der Waals surface area (Å²) in [6.07, 6.45) is 0. The number of fused-ring (bicyclic) bond motifs is 1. The molecule has 9 heteroatoms. The van der Waals surface area contributed by atoms with Crippen molar-refractivity contribution < 1.29 is 23.5 Å². The molecule has 158 valence electrons. The van der Waals surface area contributed by atoms with E-state index in [2.05, 4.69) is 10.3 Å². The molecule has 0 saturated heterocycles. The number of carbonyl (C=O) groups is 2. The molecule has 2 heterocycles. The minimum absolute atomic E-state index is 0.0234. The molecule has 0 aliphatic carbocycles. The summed E-state index contributed by atoms with van der Waals surface area (Å²) >= 11 is 0. The number of aromatic nitrogens is 2. The van der Waals surface area contributed by atoms with Crippen molar-refractivity contribution in [3.63, 3.8) is 0 Å². The molecular weight excluding hydrogens is 405 g/mol. The maximum Gasteiger partial charge on any atom is 0.254 e. The number of nitrogens with zero attached hydrogens (tertiary/aromatic N) is 2. The van der Waals surface area contributed by atoms with Gasteiger partial charge in [0.25, 0.3) is 5.56 Å². The first kappa shape index (κ1) is 20.3. The Bertz CT molecular complexity index is 1250. The largest absolute Gasteiger partial charge is 0.454 e. The van der Waals surface area contributed by atoms with E-state index in [1.54, 1.807) is 6.92 Å². The number of Topliss-reactive ketones (excluding diaryl/α,β-unsaturated/α-hetero) is 1. The van der Waals surface area contributed by atoms with Gasteiger partial charge in [0.2, 0.25) is 12.7 Å². The minimum Gasteiger partial charge on any atom is -0.454 e. The van der Waals surface area contributed by atoms with Crippen LogP contribution < -0.4 is 20.3 Å². The fourth-order valence-corrected chi connectivity index (χ4v) is 3.26. The fourth-order valence-electron chi connectivity index (χ4n) is 3.26. The summed E-state index contributed by atoms with van der Waals surface area (Å²) in [5.41, 5.74) is 1.03. The van der Waals surface area contributed by atoms with Gasteiger partial charge < -0.3 is 14.8 Å². The number of anilines is 1. The van der Waals surface area contributed by atoms with E-state index in [1.165, 1.54) is 54.0 Å². The Hall–Kier alpha value is -4.01. The molecular formula is C22H18FN3O5. The van der Waals surface area contributed by atoms with Crippen molar-refractivity contribution in [1.82, 2.24) is 9.55 Å². The average molecular weight is 423 g/mol. The fraction of sp³-hybridized carbons (Fsp3) is 0.182. The number of ether oxygens (including phenoxy) is 2. The van der Waals surface area contributed by atoms with Gasteiger partial charge in [-0.25, -0.2) is 9.37 Å². The predicted molar refractivity (Wildman–Crippen MR) is 110 cm³/mol. The van der Waals surface area contributed by atoms with Gasteiger partial charge in [-0.3, -0.25) is 19.0 Å². The van der Waals surface area contributed by atoms with Crippen molar-refractivity contribution in [3.05, 3.63) is 69.9 Å². The van der Waals surface area contributed by atoms with Gasteiger partial charge in [0.1, 0.15) is 18.2 Å². The van der Waals surface area contributed by atoms with E-state index in [4.69, 9.17) is 9.47 Å². The Morgan fingerprint density at radius 2 is 1.81 bits per heavy atom. The van der Waals surface area contributed by atoms with E-state index in [0.29, 0.717) is 22.8 Å². The summed E-state index contributed by atoms with van der Waals surface area (Å²) < 4.78 is 25.1. The van der Waals surface area contributed by atoms with E-state index in [1.807, 2.05) is 0 Å². The van der Waals surface area contributed by atoms with Crippen LogP contribution in [0, 0.1) is 12.7 Å². The quantitative estimate of drug-likeness (QED) is 0.634. The van der Waals surface area contributed by atoms with Crippen LogP contribution >= 0.6 is 0 Å². The van der Waals surface area contributed by atoms with E-state index < -0.39 is 17.3 Å². The van der Waals surface area contributed by atoms with Crippen molar-refractivity contribution in [2.24, 2.45) is 0 Å². The molecule has 0 bridgehead atoms. The molecule has 1 N–H and O–H groups in total. The van der Waals surface area contributed by atoms with Crippen LogP contribution in [0.25, 0.3) is 11.4 Å². The standard InChI is InChI=1S/C22H18FN3O5/c1-12-7-21(29)26(22(24-12)14-3-5-15(23)6-4-14)10-20(28)25-17-9-19-18(30-11-31-19)8-16(17)13(2)27/h3-9H,10-11H2,1-2H3,(H,25,28). The van der Waals surface area contributed by atoms with Gasteiger partial charge in [-0.2, -0.15) is 0 Å². The van der Waals surface area contributed by atoms with Crippen LogP contribution in [0.4, 0.5) is 10.1 Å². The van der Waals surface area contributed by atoms with Crippen LogP contribution in [-0.2, 0) is 11.3 Å². The summed E-state index contributed by atoms with van der Waals surface area (Å²) in [5, 5.41) is 2.66. The molecule has 1 amide bonds. The lowest BCUT2D eigenvalue weighted by Crippen LogP contribution is -2.30. The summed E-state index contributed by atoms with van der Waals surface area (Å²) in [6, 6.07) is 9.78. The Morgan fingerprint density at radius 3 is 2.48 bits per heavy atom. The second-order valence-electron chi connectivity index (χ2n) is 7.01. The van der Waals surface area contributed by atoms with Gasteiger partial charge in [-0.15, -0.1) is 0 Å². The van der Waals surface area contributed by atoms with Gasteiger partial charge in [0.05, 0.1) is 5.69 Å². The molecule has 1 aliphatic heterocycles. The summed E-state index contributed by atoms with van der Waals surface area (Å²) in [7, 11) is 0. The van der Waals surface area contributed by atoms with Crippen molar-refractivity contribution in [1.29, 1.82) is 0 Å². The molecule has 1 aromatic heterocycles. The smallest absolute Gasteiger partial charge is 0.254 e. The van der Waals surface area contributed by atoms with E-state index in [-0.39, 0.29) is 36.2 Å². The molecule has 4 rings (SSSR count). The summed E-state index contributed by atoms with van der Waals surface area (Å²) in [6.45, 7) is 2.69. The summed E-state index contributed by atoms with van der Waals surface area (Å²) in [5.74, 6) is -0.185. The molecule has 3 aromatic rings. The first-order valence-corrected chi connectivity index (χ1v) is 9.40. The van der Waals surface area contributed by atoms with Crippen molar-refractivity contribution in [3.8, 4) is 22.9 Å². The van der Waals surface area contributed by atoms with Crippen LogP contribution in [0.15, 0.2) is 47.3 Å². The lowest BCUT2D eigenvalue weighted by atomic mass is 10.1. The topological polar surface area (TPSA) is 99.5 Å². The molecule has 0 fully saturated rings. The highest BCUT2D eigenvalue weighted by Gasteiger charge is 2.21. The van der Waals surface area contributed by atoms with Crippen LogP contribution in [0.2, 0.25) is 0 Å². The zero-order valence-electron chi connectivity index (χ0n) is 16.8. The number of carbonyl (C=O) groups excluding carboxylic acids is 2. The number of ketones is 1. The average Bonchev–Trinajstić information content (AvgIpc) is 3.17. The lowest BCUT2D eigenvalue weighted by Gasteiger charge is -2.14. The van der Waals surface area contributed by atoms with Crippen molar-refractivity contribution in [2.75, 3.05) is 12.1 Å². The molecule has 1 aliphatic rings. The summed E-state index contributed by atoms with van der Waals surface area (Å²) in [4.78, 5) is 41.8. The molecule has 0 unspecified atom stereocenters. The number of hydrogen-bond acceptors (Lipinski definition) is 6. The molecule has 0 atom stereocenters. The molecule has 2 aromatic carbocycles. The van der Waals surface area contributed by atoms with Gasteiger partial charge in [0, 0.05) is 29.0 Å². The molecule has 0 radical (unpaired) electrons. The number of rotatable bonds is 5. The van der Waals surface area contributed by atoms with Gasteiger partial charge in [-0.05, 0) is 44.2 Å². The first-order chi connectivity index (χ1) is 14.8. The van der Waals surface area contributed by atoms with Crippen LogP contribution in [0.5, 0.6) is 11.5 Å². The van der Waals surface area contributed by atoms with Gasteiger partial charge in [-0.1, -0.05) is 0 Å². The Morgan fingerprint density at radius 1 is 1.13 bits per heavy atom. The maximum atomic E-state index is 13.3. The van der Waals surface area contributed by atoms with E-state index >= 15 is 0 Å². The number of hydrogen-bond donors (Lipinski definition) is 1. The number of benzene rings is 2. The third-order valence-electron chi connectivity index (χ3n) is 4.71. The number of amides is 1. The lowest BCUT2D eigenvalue weighted by molar-refractivity contribution is -0.116.